The summed E-state index contributed by atoms with van der Waals surface area (Å²) in [5.41, 5.74) is 1.32. The maximum absolute atomic E-state index is 3.36. The first kappa shape index (κ1) is 15.2. The first-order valence-electron chi connectivity index (χ1n) is 7.27. The van der Waals surface area contributed by atoms with Crippen LogP contribution in [-0.2, 0) is 0 Å². The normalized spacial score (nSPS) is 15.9. The van der Waals surface area contributed by atoms with Crippen molar-refractivity contribution in [1.82, 2.24) is 10.2 Å². The Bertz CT molecular complexity index is 278. The summed E-state index contributed by atoms with van der Waals surface area (Å²) in [4.78, 5) is 2.56. The number of unbranched alkanes of at least 4 members (excludes halogenated alkanes) is 2. The van der Waals surface area contributed by atoms with Crippen LogP contribution in [0.15, 0.2) is 30.3 Å². The summed E-state index contributed by atoms with van der Waals surface area (Å²) in [5.74, 6) is 0. The summed E-state index contributed by atoms with van der Waals surface area (Å²) in [5, 5.41) is 3.36. The van der Waals surface area contributed by atoms with Gasteiger partial charge in [0, 0.05) is 26.2 Å². The lowest BCUT2D eigenvalue weighted by Crippen LogP contribution is -2.43. The summed E-state index contributed by atoms with van der Waals surface area (Å²) in [6, 6.07) is 10.3. The minimum atomic E-state index is 1.19. The maximum atomic E-state index is 3.36. The molecule has 1 saturated heterocycles. The molecule has 0 amide bonds. The zero-order chi connectivity index (χ0) is 13.1. The van der Waals surface area contributed by atoms with E-state index in [0.717, 1.165) is 0 Å². The van der Waals surface area contributed by atoms with Crippen LogP contribution in [0.5, 0.6) is 0 Å². The lowest BCUT2D eigenvalue weighted by Gasteiger charge is -2.26. The van der Waals surface area contributed by atoms with Crippen LogP contribution in [-0.4, -0.2) is 37.6 Å². The predicted octanol–water partition coefficient (Wildman–Crippen LogP) is 3.08. The molecule has 102 valence electrons. The van der Waals surface area contributed by atoms with Gasteiger partial charge in [-0.3, -0.25) is 0 Å². The fourth-order valence-corrected chi connectivity index (χ4v) is 2.05. The van der Waals surface area contributed by atoms with E-state index in [0.29, 0.717) is 0 Å². The second-order valence-electron chi connectivity index (χ2n) is 4.95. The van der Waals surface area contributed by atoms with Crippen molar-refractivity contribution in [2.75, 3.05) is 32.7 Å². The maximum Gasteiger partial charge on any atom is 0.0107 e. The predicted molar refractivity (Wildman–Crippen MR) is 80.0 cm³/mol. The van der Waals surface area contributed by atoms with Crippen molar-refractivity contribution in [3.05, 3.63) is 35.9 Å². The van der Waals surface area contributed by atoms with Crippen LogP contribution in [0.25, 0.3) is 0 Å². The molecule has 1 aromatic rings. The number of benzene rings is 1. The first-order valence-corrected chi connectivity index (χ1v) is 7.27. The molecule has 0 saturated carbocycles. The van der Waals surface area contributed by atoms with Crippen LogP contribution in [0.1, 0.15) is 31.7 Å². The lowest BCUT2D eigenvalue weighted by atomic mass is 10.2. The fourth-order valence-electron chi connectivity index (χ4n) is 2.05. The number of rotatable bonds is 4. The molecule has 18 heavy (non-hydrogen) atoms. The van der Waals surface area contributed by atoms with Gasteiger partial charge in [0.1, 0.15) is 0 Å². The molecular formula is C16H28N2. The van der Waals surface area contributed by atoms with Gasteiger partial charge < -0.3 is 10.2 Å². The van der Waals surface area contributed by atoms with Gasteiger partial charge >= 0.3 is 0 Å². The van der Waals surface area contributed by atoms with Crippen LogP contribution in [0, 0.1) is 6.92 Å². The van der Waals surface area contributed by atoms with Crippen molar-refractivity contribution >= 4 is 0 Å². The largest absolute Gasteiger partial charge is 0.314 e. The molecule has 1 aromatic carbocycles. The minimum Gasteiger partial charge on any atom is -0.314 e. The average Bonchev–Trinajstić information content (AvgIpc) is 2.42. The van der Waals surface area contributed by atoms with Gasteiger partial charge in [0.05, 0.1) is 0 Å². The molecule has 1 aliphatic rings. The Labute approximate surface area is 112 Å². The molecule has 0 radical (unpaired) electrons. The fraction of sp³-hybridized carbons (Fsp3) is 0.625. The van der Waals surface area contributed by atoms with Gasteiger partial charge in [-0.2, -0.15) is 0 Å². The van der Waals surface area contributed by atoms with Crippen LogP contribution < -0.4 is 5.32 Å². The van der Waals surface area contributed by atoms with E-state index >= 15 is 0 Å². The highest BCUT2D eigenvalue weighted by Crippen LogP contribution is 1.99. The Balaban J connectivity index is 0.000000199. The van der Waals surface area contributed by atoms with Gasteiger partial charge in [0.15, 0.2) is 0 Å². The molecule has 0 bridgehead atoms. The summed E-state index contributed by atoms with van der Waals surface area (Å²) >= 11 is 0. The smallest absolute Gasteiger partial charge is 0.0107 e. The third kappa shape index (κ3) is 7.46. The van der Waals surface area contributed by atoms with E-state index < -0.39 is 0 Å². The molecule has 1 N–H and O–H groups in total. The van der Waals surface area contributed by atoms with E-state index in [2.05, 4.69) is 36.2 Å². The summed E-state index contributed by atoms with van der Waals surface area (Å²) in [7, 11) is 0. The van der Waals surface area contributed by atoms with Crippen molar-refractivity contribution in [2.24, 2.45) is 0 Å². The third-order valence-electron chi connectivity index (χ3n) is 3.23. The quantitative estimate of drug-likeness (QED) is 0.824. The number of hydrogen-bond donors (Lipinski definition) is 1. The molecule has 0 aromatic heterocycles. The monoisotopic (exact) mass is 248 g/mol. The highest BCUT2D eigenvalue weighted by Gasteiger charge is 2.07. The summed E-state index contributed by atoms with van der Waals surface area (Å²) in [6.45, 7) is 10.5. The van der Waals surface area contributed by atoms with Crippen LogP contribution in [0.3, 0.4) is 0 Å². The highest BCUT2D eigenvalue weighted by molar-refractivity contribution is 5.11. The number of nitrogens with one attached hydrogen (secondary N) is 1. The molecule has 1 fully saturated rings. The second kappa shape index (κ2) is 10.1. The molecule has 2 rings (SSSR count). The Morgan fingerprint density at radius 3 is 2.22 bits per heavy atom. The molecule has 0 aliphatic carbocycles. The molecule has 0 atom stereocenters. The Hall–Kier alpha value is -0.860. The lowest BCUT2D eigenvalue weighted by molar-refractivity contribution is 0.236. The zero-order valence-corrected chi connectivity index (χ0v) is 12.0. The molecule has 0 spiro atoms. The van der Waals surface area contributed by atoms with Crippen LogP contribution >= 0.6 is 0 Å². The number of hydrogen-bond acceptors (Lipinski definition) is 2. The van der Waals surface area contributed by atoms with Gasteiger partial charge in [-0.25, -0.2) is 0 Å². The van der Waals surface area contributed by atoms with E-state index in [1.54, 1.807) is 0 Å². The van der Waals surface area contributed by atoms with Crippen molar-refractivity contribution in [3.63, 3.8) is 0 Å². The van der Waals surface area contributed by atoms with Gasteiger partial charge in [-0.1, -0.05) is 55.7 Å². The van der Waals surface area contributed by atoms with E-state index in [-0.39, 0.29) is 0 Å². The zero-order valence-electron chi connectivity index (χ0n) is 12.0. The van der Waals surface area contributed by atoms with Crippen LogP contribution in [0.4, 0.5) is 0 Å². The van der Waals surface area contributed by atoms with Crippen molar-refractivity contribution < 1.29 is 0 Å². The molecular weight excluding hydrogens is 220 g/mol. The molecule has 1 aliphatic heterocycles. The first-order chi connectivity index (χ1) is 8.83. The molecule has 1 heterocycles. The van der Waals surface area contributed by atoms with Gasteiger partial charge in [-0.05, 0) is 19.9 Å². The minimum absolute atomic E-state index is 1.19. The molecule has 2 heteroatoms. The highest BCUT2D eigenvalue weighted by atomic mass is 15.2. The average molecular weight is 248 g/mol. The van der Waals surface area contributed by atoms with Crippen LogP contribution in [0.2, 0.25) is 0 Å². The summed E-state index contributed by atoms with van der Waals surface area (Å²) in [6.07, 6.45) is 4.12. The number of aryl methyl sites for hydroxylation is 1. The van der Waals surface area contributed by atoms with E-state index in [1.807, 2.05) is 18.2 Å². The van der Waals surface area contributed by atoms with E-state index in [1.165, 1.54) is 57.5 Å². The molecule has 2 nitrogen and oxygen atoms in total. The molecule has 0 unspecified atom stereocenters. The Kier molecular flexibility index (Phi) is 8.53. The Morgan fingerprint density at radius 1 is 1.06 bits per heavy atom. The van der Waals surface area contributed by atoms with Crippen molar-refractivity contribution in [1.29, 1.82) is 0 Å². The summed E-state index contributed by atoms with van der Waals surface area (Å²) < 4.78 is 0. The van der Waals surface area contributed by atoms with E-state index in [4.69, 9.17) is 0 Å². The van der Waals surface area contributed by atoms with Crippen molar-refractivity contribution in [3.8, 4) is 0 Å². The Morgan fingerprint density at radius 2 is 1.72 bits per heavy atom. The van der Waals surface area contributed by atoms with E-state index in [9.17, 15) is 0 Å². The van der Waals surface area contributed by atoms with Gasteiger partial charge in [0.25, 0.3) is 0 Å². The standard InChI is InChI=1S/C9H20N2.C7H8/c1-2-3-4-7-11-8-5-10-6-9-11;1-7-5-3-2-4-6-7/h10H,2-9H2,1H3;2-6H,1H3. The van der Waals surface area contributed by atoms with Gasteiger partial charge in [-0.15, -0.1) is 0 Å². The van der Waals surface area contributed by atoms with Gasteiger partial charge in [0.2, 0.25) is 0 Å². The SMILES string of the molecule is CCCCCN1CCNCC1.Cc1ccccc1. The second-order valence-corrected chi connectivity index (χ2v) is 4.95. The van der Waals surface area contributed by atoms with Crippen molar-refractivity contribution in [2.45, 2.75) is 33.1 Å². The topological polar surface area (TPSA) is 15.3 Å². The number of nitrogens with zero attached hydrogens (tertiary/aromatic N) is 1. The number of piperazine rings is 1. The third-order valence-corrected chi connectivity index (χ3v) is 3.23.